The molecule has 0 amide bonds. The molecule has 0 aromatic carbocycles. The molecule has 1 fully saturated rings. The number of likely N-dealkylation sites (tertiary alicyclic amines) is 1. The van der Waals surface area contributed by atoms with Gasteiger partial charge in [0.25, 0.3) is 0 Å². The predicted molar refractivity (Wildman–Crippen MR) is 87.4 cm³/mol. The maximum Gasteiger partial charge on any atom is 0.250 e. The van der Waals surface area contributed by atoms with E-state index in [1.807, 2.05) is 13.1 Å². The highest BCUT2D eigenvalue weighted by molar-refractivity contribution is 7.91. The van der Waals surface area contributed by atoms with Gasteiger partial charge in [-0.3, -0.25) is 0 Å². The molecule has 1 saturated heterocycles. The van der Waals surface area contributed by atoms with Crippen LogP contribution in [0.3, 0.4) is 0 Å². The summed E-state index contributed by atoms with van der Waals surface area (Å²) in [5.41, 5.74) is 0. The fraction of sp³-hybridized carbons (Fsp3) is 0.714. The molecule has 1 aliphatic rings. The van der Waals surface area contributed by atoms with E-state index in [0.29, 0.717) is 4.21 Å². The van der Waals surface area contributed by atoms with Crippen molar-refractivity contribution >= 4 is 21.4 Å². The van der Waals surface area contributed by atoms with Crippen molar-refractivity contribution in [2.75, 3.05) is 33.2 Å². The molecule has 0 saturated carbocycles. The first-order valence-electron chi connectivity index (χ1n) is 7.51. The van der Waals surface area contributed by atoms with E-state index in [1.54, 1.807) is 6.07 Å². The highest BCUT2D eigenvalue weighted by Gasteiger charge is 2.24. The molecule has 1 aromatic rings. The van der Waals surface area contributed by atoms with Crippen LogP contribution in [0.2, 0.25) is 0 Å². The van der Waals surface area contributed by atoms with Gasteiger partial charge in [-0.25, -0.2) is 13.1 Å². The van der Waals surface area contributed by atoms with Gasteiger partial charge in [0, 0.05) is 17.5 Å². The van der Waals surface area contributed by atoms with E-state index in [1.165, 1.54) is 11.3 Å². The maximum absolute atomic E-state index is 12.4. The first kappa shape index (κ1) is 16.9. The lowest BCUT2D eigenvalue weighted by molar-refractivity contribution is 0.242. The summed E-state index contributed by atoms with van der Waals surface area (Å²) < 4.78 is 28.1. The highest BCUT2D eigenvalue weighted by atomic mass is 32.2. The number of hydrogen-bond donors (Lipinski definition) is 2. The van der Waals surface area contributed by atoms with Crippen LogP contribution in [0.25, 0.3) is 0 Å². The summed E-state index contributed by atoms with van der Waals surface area (Å²) >= 11 is 1.38. The molecule has 7 heteroatoms. The van der Waals surface area contributed by atoms with Crippen LogP contribution in [-0.2, 0) is 16.4 Å². The summed E-state index contributed by atoms with van der Waals surface area (Å²) in [5, 5.41) is 3.25. The molecular formula is C14H25N3O2S2. The predicted octanol–water partition coefficient (Wildman–Crippen LogP) is 1.27. The zero-order valence-corrected chi connectivity index (χ0v) is 14.4. The molecule has 5 nitrogen and oxygen atoms in total. The minimum Gasteiger partial charge on any atom is -0.317 e. The summed E-state index contributed by atoms with van der Waals surface area (Å²) in [5.74, 6) is 0. The SMILES string of the molecule is CCNCCc1ccc(S(=O)(=O)NC2CCCN(C)C2)s1. The quantitative estimate of drug-likeness (QED) is 0.739. The maximum atomic E-state index is 12.4. The minimum absolute atomic E-state index is 0.0288. The van der Waals surface area contributed by atoms with Gasteiger partial charge in [0.1, 0.15) is 4.21 Å². The van der Waals surface area contributed by atoms with Gasteiger partial charge in [0.05, 0.1) is 0 Å². The van der Waals surface area contributed by atoms with E-state index >= 15 is 0 Å². The Kier molecular flexibility index (Phi) is 6.19. The standard InChI is InChI=1S/C14H25N3O2S2/c1-3-15-9-8-13-6-7-14(20-13)21(18,19)16-12-5-4-10-17(2)11-12/h6-7,12,15-16H,3-5,8-11H2,1-2H3. The second-order valence-corrected chi connectivity index (χ2v) is 8.66. The number of nitrogens with one attached hydrogen (secondary N) is 2. The van der Waals surface area contributed by atoms with Crippen LogP contribution in [0.4, 0.5) is 0 Å². The Hall–Kier alpha value is -0.470. The molecular weight excluding hydrogens is 306 g/mol. The fourth-order valence-corrected chi connectivity index (χ4v) is 5.20. The molecule has 1 unspecified atom stereocenters. The van der Waals surface area contributed by atoms with Gasteiger partial charge in [-0.1, -0.05) is 6.92 Å². The molecule has 1 aliphatic heterocycles. The summed E-state index contributed by atoms with van der Waals surface area (Å²) in [6.07, 6.45) is 2.84. The number of sulfonamides is 1. The molecule has 2 rings (SSSR count). The average molecular weight is 332 g/mol. The third-order valence-corrected chi connectivity index (χ3v) is 6.80. The highest BCUT2D eigenvalue weighted by Crippen LogP contribution is 2.23. The van der Waals surface area contributed by atoms with Crippen LogP contribution in [0, 0.1) is 0 Å². The van der Waals surface area contributed by atoms with Crippen LogP contribution in [0.5, 0.6) is 0 Å². The first-order valence-corrected chi connectivity index (χ1v) is 9.81. The largest absolute Gasteiger partial charge is 0.317 e. The molecule has 0 bridgehead atoms. The van der Waals surface area contributed by atoms with Crippen LogP contribution >= 0.6 is 11.3 Å². The topological polar surface area (TPSA) is 61.4 Å². The number of likely N-dealkylation sites (N-methyl/N-ethyl adjacent to an activating group) is 2. The third-order valence-electron chi connectivity index (χ3n) is 3.65. The number of piperidine rings is 1. The van der Waals surface area contributed by atoms with Crippen molar-refractivity contribution in [3.05, 3.63) is 17.0 Å². The van der Waals surface area contributed by atoms with Crippen molar-refractivity contribution in [2.45, 2.75) is 36.4 Å². The molecule has 120 valence electrons. The summed E-state index contributed by atoms with van der Waals surface area (Å²) in [6, 6.07) is 3.67. The van der Waals surface area contributed by atoms with Crippen LogP contribution < -0.4 is 10.0 Å². The number of rotatable bonds is 7. The fourth-order valence-electron chi connectivity index (χ4n) is 2.57. The van der Waals surface area contributed by atoms with E-state index in [0.717, 1.165) is 50.3 Å². The lowest BCUT2D eigenvalue weighted by Gasteiger charge is -2.29. The van der Waals surface area contributed by atoms with Gasteiger partial charge in [-0.05, 0) is 58.1 Å². The third kappa shape index (κ3) is 5.03. The van der Waals surface area contributed by atoms with E-state index in [2.05, 4.69) is 21.9 Å². The van der Waals surface area contributed by atoms with Crippen molar-refractivity contribution in [1.29, 1.82) is 0 Å². The number of hydrogen-bond acceptors (Lipinski definition) is 5. The van der Waals surface area contributed by atoms with Crippen LogP contribution in [0.15, 0.2) is 16.3 Å². The van der Waals surface area contributed by atoms with Gasteiger partial charge in [0.15, 0.2) is 0 Å². The zero-order chi connectivity index (χ0) is 15.3. The molecule has 1 aromatic heterocycles. The molecule has 21 heavy (non-hydrogen) atoms. The van der Waals surface area contributed by atoms with Crippen molar-refractivity contribution in [3.8, 4) is 0 Å². The van der Waals surface area contributed by atoms with Gasteiger partial charge >= 0.3 is 0 Å². The molecule has 1 atom stereocenters. The van der Waals surface area contributed by atoms with Crippen molar-refractivity contribution in [2.24, 2.45) is 0 Å². The lowest BCUT2D eigenvalue weighted by Crippen LogP contribution is -2.46. The van der Waals surface area contributed by atoms with E-state index in [-0.39, 0.29) is 6.04 Å². The van der Waals surface area contributed by atoms with Crippen molar-refractivity contribution in [3.63, 3.8) is 0 Å². The van der Waals surface area contributed by atoms with Crippen LogP contribution in [-0.4, -0.2) is 52.6 Å². The molecule has 2 heterocycles. The Morgan fingerprint density at radius 1 is 1.43 bits per heavy atom. The molecule has 2 N–H and O–H groups in total. The minimum atomic E-state index is -3.37. The molecule has 0 spiro atoms. The Bertz CT molecular complexity index is 542. The molecule has 0 radical (unpaired) electrons. The van der Waals surface area contributed by atoms with Gasteiger partial charge in [0.2, 0.25) is 10.0 Å². The first-order chi connectivity index (χ1) is 10.0. The second-order valence-electron chi connectivity index (χ2n) is 5.55. The smallest absolute Gasteiger partial charge is 0.250 e. The van der Waals surface area contributed by atoms with Crippen LogP contribution in [0.1, 0.15) is 24.6 Å². The summed E-state index contributed by atoms with van der Waals surface area (Å²) in [7, 11) is -1.34. The number of thiophene rings is 1. The average Bonchev–Trinajstić information content (AvgIpc) is 2.88. The van der Waals surface area contributed by atoms with Crippen molar-refractivity contribution < 1.29 is 8.42 Å². The number of nitrogens with zero attached hydrogens (tertiary/aromatic N) is 1. The Morgan fingerprint density at radius 2 is 2.24 bits per heavy atom. The van der Waals surface area contributed by atoms with E-state index in [9.17, 15) is 8.42 Å². The van der Waals surface area contributed by atoms with Crippen molar-refractivity contribution in [1.82, 2.24) is 14.9 Å². The Balaban J connectivity index is 1.95. The summed E-state index contributed by atoms with van der Waals surface area (Å²) in [6.45, 7) is 5.73. The second kappa shape index (κ2) is 7.69. The Labute approximate surface area is 131 Å². The van der Waals surface area contributed by atoms with Gasteiger partial charge < -0.3 is 10.2 Å². The normalized spacial score (nSPS) is 20.8. The van der Waals surface area contributed by atoms with E-state index in [4.69, 9.17) is 0 Å². The monoisotopic (exact) mass is 331 g/mol. The van der Waals surface area contributed by atoms with Gasteiger partial charge in [-0.15, -0.1) is 11.3 Å². The molecule has 0 aliphatic carbocycles. The summed E-state index contributed by atoms with van der Waals surface area (Å²) in [4.78, 5) is 3.28. The zero-order valence-electron chi connectivity index (χ0n) is 12.8. The van der Waals surface area contributed by atoms with E-state index < -0.39 is 10.0 Å². The lowest BCUT2D eigenvalue weighted by atomic mass is 10.1. The van der Waals surface area contributed by atoms with Gasteiger partial charge in [-0.2, -0.15) is 0 Å². The Morgan fingerprint density at radius 3 is 2.95 bits per heavy atom.